The van der Waals surface area contributed by atoms with Gasteiger partial charge in [0.15, 0.2) is 28.7 Å². The molecule has 5 fully saturated rings. The van der Waals surface area contributed by atoms with E-state index in [4.69, 9.17) is 35.2 Å². The lowest BCUT2D eigenvalue weighted by Gasteiger charge is -2.54. The highest BCUT2D eigenvalue weighted by Crippen LogP contribution is 2.59. The fraction of sp³-hybridized carbons (Fsp3) is 0.526. The van der Waals surface area contributed by atoms with Crippen LogP contribution < -0.4 is 52.4 Å². The lowest BCUT2D eigenvalue weighted by atomic mass is 9.59. The van der Waals surface area contributed by atoms with Gasteiger partial charge in [-0.2, -0.15) is 0 Å². The van der Waals surface area contributed by atoms with Crippen LogP contribution in [0.1, 0.15) is 154 Å². The number of aliphatic hydroxyl groups excluding tert-OH is 6. The molecule has 12 aliphatic rings. The van der Waals surface area contributed by atoms with Crippen LogP contribution in [0.25, 0.3) is 0 Å². The number of hydrogen-bond acceptors (Lipinski definition) is 23. The summed E-state index contributed by atoms with van der Waals surface area (Å²) < 4.78 is 37.2. The number of nitrogens with one attached hydrogen (secondary N) is 5. The van der Waals surface area contributed by atoms with Gasteiger partial charge in [0.2, 0.25) is 12.2 Å². The van der Waals surface area contributed by atoms with E-state index in [0.29, 0.717) is 72.2 Å². The van der Waals surface area contributed by atoms with Gasteiger partial charge in [-0.1, -0.05) is 97.7 Å². The summed E-state index contributed by atoms with van der Waals surface area (Å²) in [6.45, 7) is -1.54. The third-order valence-electron chi connectivity index (χ3n) is 23.9. The van der Waals surface area contributed by atoms with E-state index in [-0.39, 0.29) is 103 Å². The summed E-state index contributed by atoms with van der Waals surface area (Å²) in [6, 6.07) is 18.7. The molecule has 4 aromatic carbocycles. The van der Waals surface area contributed by atoms with Gasteiger partial charge in [0.25, 0.3) is 0 Å². The first-order valence-corrected chi connectivity index (χ1v) is 35.7. The minimum atomic E-state index is -2.60. The molecular weight excluding hydrogens is 1280 g/mol. The first-order valence-electron chi connectivity index (χ1n) is 35.7. The minimum absolute atomic E-state index is 0.0322. The number of dihydropyridines is 1. The Labute approximate surface area is 578 Å². The highest BCUT2D eigenvalue weighted by Gasteiger charge is 2.66. The average Bonchev–Trinajstić information content (AvgIpc) is 1.22. The molecule has 24 heteroatoms. The summed E-state index contributed by atoms with van der Waals surface area (Å²) in [4.78, 5) is 59.6. The molecule has 0 aromatic heterocycles. The van der Waals surface area contributed by atoms with E-state index in [1.807, 2.05) is 41.3 Å². The van der Waals surface area contributed by atoms with Crippen molar-refractivity contribution in [2.45, 2.75) is 193 Å². The first-order chi connectivity index (χ1) is 48.4. The summed E-state index contributed by atoms with van der Waals surface area (Å²) >= 11 is 0. The highest BCUT2D eigenvalue weighted by molar-refractivity contribution is 6.29. The van der Waals surface area contributed by atoms with Gasteiger partial charge in [-0.05, 0) is 121 Å². The van der Waals surface area contributed by atoms with Gasteiger partial charge >= 0.3 is 0 Å². The van der Waals surface area contributed by atoms with Gasteiger partial charge in [0.05, 0.1) is 73.3 Å². The maximum atomic E-state index is 15.9. The molecule has 5 aliphatic carbocycles. The number of ketones is 2. The number of amides is 1. The summed E-state index contributed by atoms with van der Waals surface area (Å²) in [7, 11) is 0. The molecule has 7 heterocycles. The second-order valence-electron chi connectivity index (χ2n) is 29.6. The van der Waals surface area contributed by atoms with Gasteiger partial charge < -0.3 is 90.8 Å². The molecule has 7 aliphatic heterocycles. The molecule has 9 bridgehead atoms. The smallest absolute Gasteiger partial charge is 0.242 e. The Kier molecular flexibility index (Phi) is 17.7. The number of nitrogens with zero attached hydrogens (tertiary/aromatic N) is 1. The molecule has 3 saturated heterocycles. The Morgan fingerprint density at radius 2 is 1.73 bits per heavy atom. The molecule has 17 unspecified atom stereocenters. The third kappa shape index (κ3) is 11.0. The highest BCUT2D eigenvalue weighted by atomic mass is 16.7. The van der Waals surface area contributed by atoms with Crippen molar-refractivity contribution in [1.82, 2.24) is 26.6 Å². The van der Waals surface area contributed by atoms with Gasteiger partial charge in [0.1, 0.15) is 55.5 Å². The number of rotatable bonds is 12. The maximum absolute atomic E-state index is 15.9. The molecular formula is C76H88N8O16. The molecule has 17 atom stereocenters. The number of aliphatic hydroxyl groups is 7. The van der Waals surface area contributed by atoms with Crippen LogP contribution in [0.3, 0.4) is 0 Å². The number of para-hydroxylation sites is 1. The molecule has 4 aromatic rings. The SMILES string of the molecule is NC1=C2C(=CCN1)C13COC4C5Oc6c(cc7c(c6OCC(O)CC=O)C(=O)c6cc(CO)ccc6C7=O)C(c6ccccc6N6CNC7C(=O)NC(N)NC76)C6CCC(O)C(C#CC(O)(C4O)C(O5)C4(CCCC4)OC6)Cc4ccc(c(c4)C(CCO)C1O)CC3=CC2NC1CCCC1. The molecule has 2 spiro atoms. The van der Waals surface area contributed by atoms with Crippen LogP contribution in [0.2, 0.25) is 0 Å². The lowest BCUT2D eigenvalue weighted by Crippen LogP contribution is -2.72. The van der Waals surface area contributed by atoms with E-state index < -0.39 is 146 Å². The molecule has 100 heavy (non-hydrogen) atoms. The predicted octanol–water partition coefficient (Wildman–Crippen LogP) is 1.92. The van der Waals surface area contributed by atoms with Crippen LogP contribution in [0.15, 0.2) is 101 Å². The van der Waals surface area contributed by atoms with Crippen LogP contribution in [0.4, 0.5) is 5.69 Å². The predicted molar refractivity (Wildman–Crippen MR) is 362 cm³/mol. The average molecular weight is 1370 g/mol. The molecule has 16 N–H and O–H groups in total. The number of benzene rings is 4. The van der Waals surface area contributed by atoms with Crippen LogP contribution in [-0.4, -0.2) is 184 Å². The second-order valence-corrected chi connectivity index (χ2v) is 29.6. The minimum Gasteiger partial charge on any atom is -0.486 e. The fourth-order valence-corrected chi connectivity index (χ4v) is 18.9. The Bertz CT molecular complexity index is 4120. The van der Waals surface area contributed by atoms with E-state index >= 15 is 9.59 Å². The monoisotopic (exact) mass is 1370 g/mol. The van der Waals surface area contributed by atoms with Crippen LogP contribution in [-0.2, 0) is 43.2 Å². The van der Waals surface area contributed by atoms with Crippen molar-refractivity contribution in [1.29, 1.82) is 0 Å². The van der Waals surface area contributed by atoms with Crippen LogP contribution in [0.5, 0.6) is 11.5 Å². The third-order valence-corrected chi connectivity index (χ3v) is 23.9. The van der Waals surface area contributed by atoms with Crippen molar-refractivity contribution in [2.75, 3.05) is 44.5 Å². The van der Waals surface area contributed by atoms with Crippen molar-refractivity contribution in [3.63, 3.8) is 0 Å². The Hall–Kier alpha value is -7.42. The van der Waals surface area contributed by atoms with Gasteiger partial charge in [-0.25, -0.2) is 0 Å². The number of carbonyl (C=O) groups is 4. The molecule has 2 saturated carbocycles. The molecule has 1 amide bonds. The topological polar surface area (TPSA) is 371 Å². The first kappa shape index (κ1) is 67.1. The fourth-order valence-electron chi connectivity index (χ4n) is 18.9. The van der Waals surface area contributed by atoms with E-state index in [1.165, 1.54) is 12.1 Å². The van der Waals surface area contributed by atoms with E-state index in [1.54, 1.807) is 12.1 Å². The summed E-state index contributed by atoms with van der Waals surface area (Å²) in [6.07, 6.45) is -2.17. The maximum Gasteiger partial charge on any atom is 0.242 e. The lowest BCUT2D eigenvalue weighted by molar-refractivity contribution is -0.337. The zero-order chi connectivity index (χ0) is 69.1. The van der Waals surface area contributed by atoms with Crippen molar-refractivity contribution >= 4 is 29.4 Å². The molecule has 24 nitrogen and oxygen atoms in total. The quantitative estimate of drug-likeness (QED) is 0.0482. The Balaban J connectivity index is 0.980. The van der Waals surface area contributed by atoms with E-state index in [0.717, 1.165) is 47.9 Å². The van der Waals surface area contributed by atoms with Crippen LogP contribution in [0, 0.1) is 29.1 Å². The Morgan fingerprint density at radius 3 is 2.53 bits per heavy atom. The van der Waals surface area contributed by atoms with E-state index in [9.17, 15) is 45.3 Å². The van der Waals surface area contributed by atoms with E-state index in [2.05, 4.69) is 56.6 Å². The van der Waals surface area contributed by atoms with Gasteiger partial charge in [-0.3, -0.25) is 30.8 Å². The largest absolute Gasteiger partial charge is 0.486 e. The number of aldehydes is 1. The molecule has 0 radical (unpaired) electrons. The molecule has 528 valence electrons. The van der Waals surface area contributed by atoms with Crippen molar-refractivity contribution in [3.05, 3.63) is 157 Å². The number of carbonyl (C=O) groups excluding carboxylic acids is 4. The summed E-state index contributed by atoms with van der Waals surface area (Å²) in [5.74, 6) is 1.26. The number of anilines is 1. The summed E-state index contributed by atoms with van der Waals surface area (Å²) in [5, 5.41) is 106. The molecule has 16 rings (SSSR count). The van der Waals surface area contributed by atoms with Crippen molar-refractivity contribution in [3.8, 4) is 23.3 Å². The number of nitrogens with two attached hydrogens (primary N) is 2. The standard InChI is InChI=1S/C76H88N8O16/c77-68-59-53(18-24-79-68)75-36-97-65-67(93)76(95)23-17-41(27-38-11-13-40(49(28-38)47(20-26-86)66(75)92)30-43(75)31-54(59)81-44-7-1-2-8-44)56(89)16-14-42-34-98-74(21-5-6-22-74)72(76)100-71(65)99-63-52(57(42)48-9-3-4-10-55(48)84-37-80-60-69(84)82-73(78)83-70(60)94)32-51-58(64(63)96-35-45(88)19-25-85)62(91)50-29-39(33-87)12-15-46(50)61(51)90/h3-4,9-13,15,18,25,28-29,31-32,41-42,44-45,47,54,56-57,60,65-67,69,71-73,79-82,86-89,92-93,95H,1-2,5-8,14,16,19-22,24,26-27,30,33-37,77-78H2,(H,83,94). The zero-order valence-corrected chi connectivity index (χ0v) is 55.6. The number of hydrogen-bond donors (Lipinski definition) is 14. The number of fused-ring (bicyclic) bond motifs is 13. The zero-order valence-electron chi connectivity index (χ0n) is 55.6. The van der Waals surface area contributed by atoms with Gasteiger partial charge in [-0.15, -0.1) is 0 Å². The Morgan fingerprint density at radius 1 is 0.910 bits per heavy atom. The normalized spacial score (nSPS) is 34.3. The summed E-state index contributed by atoms with van der Waals surface area (Å²) in [5.41, 5.74) is 14.0. The van der Waals surface area contributed by atoms with Gasteiger partial charge in [0, 0.05) is 71.0 Å². The number of ether oxygens (including phenoxy) is 5. The second kappa shape index (κ2) is 26.4. The van der Waals surface area contributed by atoms with Crippen molar-refractivity contribution in [2.24, 2.45) is 28.7 Å². The van der Waals surface area contributed by atoms with Crippen molar-refractivity contribution < 1.29 is 78.6 Å². The van der Waals surface area contributed by atoms with Crippen LogP contribution >= 0.6 is 0 Å².